The highest BCUT2D eigenvalue weighted by atomic mass is 79.9. The standard InChI is InChI=1S/C14H23NO2S.C10H10BrFN2O2.C2H6.2C2H2/c1-12(2)16-13-6-8-14(9-7-13)17-18(3)11-5-4-10-15-18;11-6-2-1-5-8(3-7(6)12)13-14-9(5)4-10(15)16;3*1-2/h6-9,12,15H,4-5,10-11H2,1-3H3;2-3,5,8,13H,1,4H2,(H,15,16);1-2H3;2*1-2H. The molecule has 2 aliphatic heterocycles. The number of nitrogens with zero attached hydrogens (tertiary/aromatic N) is 1. The number of carboxylic acid groups (broad SMARTS) is 1. The van der Waals surface area contributed by atoms with Gasteiger partial charge >= 0.3 is 5.97 Å². The van der Waals surface area contributed by atoms with Gasteiger partial charge in [-0.1, -0.05) is 19.9 Å². The second kappa shape index (κ2) is 20.0. The first-order valence-corrected chi connectivity index (χ1v) is 16.0. The van der Waals surface area contributed by atoms with Crippen LogP contribution in [0.2, 0.25) is 0 Å². The predicted molar refractivity (Wildman–Crippen MR) is 171 cm³/mol. The molecule has 1 aliphatic carbocycles. The minimum absolute atomic E-state index is 0.0723. The van der Waals surface area contributed by atoms with Crippen LogP contribution in [0.3, 0.4) is 0 Å². The molecule has 40 heavy (non-hydrogen) atoms. The molecule has 7 nitrogen and oxygen atoms in total. The van der Waals surface area contributed by atoms with Crippen LogP contribution in [0.15, 0.2) is 51.8 Å². The smallest absolute Gasteiger partial charge is 0.309 e. The number of aliphatic carboxylic acids is 1. The number of terminal acetylenes is 2. The molecule has 1 aromatic carbocycles. The monoisotopic (exact) mass is 639 g/mol. The summed E-state index contributed by atoms with van der Waals surface area (Å²) < 4.78 is 29.1. The summed E-state index contributed by atoms with van der Waals surface area (Å²) in [6.07, 6.45) is 24.5. The Morgan fingerprint density at radius 3 is 2.30 bits per heavy atom. The third-order valence-electron chi connectivity index (χ3n) is 5.50. The largest absolute Gasteiger partial charge is 0.491 e. The first-order chi connectivity index (χ1) is 19.1. The molecule has 222 valence electrons. The minimum Gasteiger partial charge on any atom is -0.491 e. The van der Waals surface area contributed by atoms with Crippen LogP contribution in [0.5, 0.6) is 11.5 Å². The van der Waals surface area contributed by atoms with Crippen LogP contribution < -0.4 is 19.1 Å². The maximum absolute atomic E-state index is 13.4. The maximum Gasteiger partial charge on any atom is 0.309 e. The number of rotatable bonds is 6. The number of ether oxygens (including phenoxy) is 1. The number of hydrogen-bond acceptors (Lipinski definition) is 6. The van der Waals surface area contributed by atoms with Gasteiger partial charge in [-0.05, 0) is 89.9 Å². The van der Waals surface area contributed by atoms with Crippen LogP contribution in [0.1, 0.15) is 53.4 Å². The number of benzene rings is 1. The summed E-state index contributed by atoms with van der Waals surface area (Å²) in [7, 11) is -1.12. The third kappa shape index (κ3) is 13.0. The van der Waals surface area contributed by atoms with E-state index in [4.69, 9.17) is 14.0 Å². The van der Waals surface area contributed by atoms with Gasteiger partial charge < -0.3 is 19.5 Å². The van der Waals surface area contributed by atoms with Gasteiger partial charge in [-0.25, -0.2) is 4.39 Å². The second-order valence-electron chi connectivity index (χ2n) is 8.77. The summed E-state index contributed by atoms with van der Waals surface area (Å²) in [5, 5.41) is 12.7. The quantitative estimate of drug-likeness (QED) is 0.291. The van der Waals surface area contributed by atoms with Crippen molar-refractivity contribution in [2.45, 2.75) is 65.5 Å². The van der Waals surface area contributed by atoms with Crippen LogP contribution >= 0.6 is 26.4 Å². The molecule has 0 bridgehead atoms. The van der Waals surface area contributed by atoms with Crippen molar-refractivity contribution >= 4 is 38.1 Å². The summed E-state index contributed by atoms with van der Waals surface area (Å²) in [5.74, 6) is 1.63. The van der Waals surface area contributed by atoms with E-state index in [1.54, 1.807) is 6.08 Å². The summed E-state index contributed by atoms with van der Waals surface area (Å²) >= 11 is 3.12. The number of carboxylic acids is 1. The van der Waals surface area contributed by atoms with Crippen molar-refractivity contribution in [1.29, 1.82) is 0 Å². The molecule has 10 heteroatoms. The van der Waals surface area contributed by atoms with E-state index in [1.165, 1.54) is 18.9 Å². The summed E-state index contributed by atoms with van der Waals surface area (Å²) in [5.41, 5.74) is 3.33. The zero-order valence-corrected chi connectivity index (χ0v) is 26.4. The zero-order chi connectivity index (χ0) is 30.7. The topological polar surface area (TPSA) is 92.2 Å². The SMILES string of the molecule is C#C.C#C.CC.CC(C)Oc1ccc(OS2(C)CCCCN2)cc1.O=C(O)CC1=NNC2C=C(F)C(Br)=CCC12. The minimum atomic E-state index is -1.12. The Bertz CT molecular complexity index is 1030. The number of fused-ring (bicyclic) bond motifs is 1. The number of allylic oxidation sites excluding steroid dienone is 3. The van der Waals surface area contributed by atoms with Gasteiger partial charge in [0.2, 0.25) is 0 Å². The van der Waals surface area contributed by atoms with Crippen molar-refractivity contribution in [3.63, 3.8) is 0 Å². The molecule has 0 radical (unpaired) electrons. The molecule has 1 saturated heterocycles. The first-order valence-electron chi connectivity index (χ1n) is 13.1. The van der Waals surface area contributed by atoms with Crippen molar-refractivity contribution < 1.29 is 23.2 Å². The van der Waals surface area contributed by atoms with Crippen molar-refractivity contribution in [2.75, 3.05) is 18.6 Å². The third-order valence-corrected chi connectivity index (χ3v) is 8.65. The number of carbonyl (C=O) groups is 1. The van der Waals surface area contributed by atoms with Gasteiger partial charge in [-0.3, -0.25) is 9.52 Å². The van der Waals surface area contributed by atoms with Crippen molar-refractivity contribution in [3.05, 3.63) is 46.7 Å². The Morgan fingerprint density at radius 2 is 1.77 bits per heavy atom. The Kier molecular flexibility index (Phi) is 18.6. The van der Waals surface area contributed by atoms with Crippen LogP contribution in [0, 0.1) is 31.6 Å². The normalized spacial score (nSPS) is 23.9. The van der Waals surface area contributed by atoms with E-state index >= 15 is 0 Å². The Balaban J connectivity index is 0.000000644. The van der Waals surface area contributed by atoms with E-state index in [-0.39, 0.29) is 30.3 Å². The molecule has 2 heterocycles. The fourth-order valence-electron chi connectivity index (χ4n) is 3.86. The summed E-state index contributed by atoms with van der Waals surface area (Å²) in [4.78, 5) is 10.6. The average Bonchev–Trinajstić information content (AvgIpc) is 3.24. The highest BCUT2D eigenvalue weighted by Gasteiger charge is 2.32. The number of hydrogen-bond donors (Lipinski definition) is 3. The zero-order valence-electron chi connectivity index (χ0n) is 24.0. The van der Waals surface area contributed by atoms with Gasteiger partial charge in [0.15, 0.2) is 0 Å². The van der Waals surface area contributed by atoms with Crippen LogP contribution in [-0.4, -0.2) is 47.5 Å². The molecular weight excluding hydrogens is 597 g/mol. The van der Waals surface area contributed by atoms with Crippen molar-refractivity contribution in [3.8, 4) is 37.2 Å². The molecule has 0 aromatic heterocycles. The Hall–Kier alpha value is -2.92. The molecule has 3 atom stereocenters. The number of hydrazone groups is 1. The predicted octanol–water partition coefficient (Wildman–Crippen LogP) is 6.97. The van der Waals surface area contributed by atoms with Gasteiger partial charge in [-0.15, -0.1) is 25.7 Å². The first kappa shape index (κ1) is 37.1. The fraction of sp³-hybridized carbons (Fsp3) is 0.467. The molecule has 1 aromatic rings. The van der Waals surface area contributed by atoms with E-state index in [0.29, 0.717) is 16.6 Å². The van der Waals surface area contributed by atoms with Gasteiger partial charge in [0.25, 0.3) is 0 Å². The van der Waals surface area contributed by atoms with E-state index in [2.05, 4.69) is 63.1 Å². The lowest BCUT2D eigenvalue weighted by Crippen LogP contribution is -2.32. The van der Waals surface area contributed by atoms with Crippen molar-refractivity contribution in [2.24, 2.45) is 11.0 Å². The lowest BCUT2D eigenvalue weighted by Gasteiger charge is -2.39. The molecule has 0 spiro atoms. The van der Waals surface area contributed by atoms with Crippen LogP contribution in [0.4, 0.5) is 4.39 Å². The second-order valence-corrected chi connectivity index (χ2v) is 12.5. The van der Waals surface area contributed by atoms with E-state index in [9.17, 15) is 9.18 Å². The average molecular weight is 641 g/mol. The molecule has 3 unspecified atom stereocenters. The van der Waals surface area contributed by atoms with E-state index < -0.39 is 16.5 Å². The number of nitrogens with one attached hydrogen (secondary N) is 2. The van der Waals surface area contributed by atoms with Gasteiger partial charge in [0, 0.05) is 29.0 Å². The van der Waals surface area contributed by atoms with Gasteiger partial charge in [-0.2, -0.15) is 5.10 Å². The van der Waals surface area contributed by atoms with Crippen LogP contribution in [-0.2, 0) is 4.79 Å². The molecule has 3 aliphatic rings. The molecule has 0 saturated carbocycles. The molecule has 4 rings (SSSR count). The molecule has 0 amide bonds. The highest BCUT2D eigenvalue weighted by molar-refractivity contribution is 9.11. The number of halogens is 2. The maximum atomic E-state index is 13.4. The Morgan fingerprint density at radius 1 is 1.18 bits per heavy atom. The molecule has 1 fully saturated rings. The van der Waals surface area contributed by atoms with E-state index in [1.807, 2.05) is 52.0 Å². The molecular formula is C30H43BrFN3O4S. The molecule has 3 N–H and O–H groups in total. The lowest BCUT2D eigenvalue weighted by molar-refractivity contribution is -0.135. The van der Waals surface area contributed by atoms with Crippen molar-refractivity contribution in [1.82, 2.24) is 10.1 Å². The van der Waals surface area contributed by atoms with E-state index in [0.717, 1.165) is 23.8 Å². The van der Waals surface area contributed by atoms with Gasteiger partial charge in [0.05, 0.1) is 24.3 Å². The van der Waals surface area contributed by atoms with Crippen LogP contribution in [0.25, 0.3) is 0 Å². The summed E-state index contributed by atoms with van der Waals surface area (Å²) in [6.45, 7) is 9.13. The summed E-state index contributed by atoms with van der Waals surface area (Å²) in [6, 6.07) is 7.68. The van der Waals surface area contributed by atoms with Gasteiger partial charge in [0.1, 0.15) is 17.3 Å². The lowest BCUT2D eigenvalue weighted by atomic mass is 9.92. The highest BCUT2D eigenvalue weighted by Crippen LogP contribution is 2.44. The Labute approximate surface area is 249 Å². The fourth-order valence-corrected chi connectivity index (χ4v) is 6.33.